The monoisotopic (exact) mass is 487 g/mol. The fourth-order valence-electron chi connectivity index (χ4n) is 3.43. The minimum absolute atomic E-state index is 0.0156. The summed E-state index contributed by atoms with van der Waals surface area (Å²) < 4.78 is 53.5. The molecule has 4 rings (SSSR count). The van der Waals surface area contributed by atoms with Crippen molar-refractivity contribution in [3.05, 3.63) is 94.9 Å². The molecule has 0 aliphatic carbocycles. The first-order chi connectivity index (χ1) is 16.2. The van der Waals surface area contributed by atoms with E-state index >= 15 is 0 Å². The van der Waals surface area contributed by atoms with Gasteiger partial charge in [-0.2, -0.15) is 13.2 Å². The first-order valence-corrected chi connectivity index (χ1v) is 10.6. The molecule has 0 aliphatic rings. The Kier molecular flexibility index (Phi) is 6.70. The lowest BCUT2D eigenvalue weighted by molar-refractivity contribution is -0.140. The van der Waals surface area contributed by atoms with Gasteiger partial charge in [0, 0.05) is 23.2 Å². The number of carbonyl (C=O) groups excluding carboxylic acids is 1. The van der Waals surface area contributed by atoms with Crippen molar-refractivity contribution in [2.45, 2.75) is 19.0 Å². The lowest BCUT2D eigenvalue weighted by atomic mass is 10.1. The quantitative estimate of drug-likeness (QED) is 0.279. The molecule has 1 amide bonds. The largest absolute Gasteiger partial charge is 0.433 e. The normalized spacial score (nSPS) is 11.4. The number of fused-ring (bicyclic) bond motifs is 1. The molecule has 2 N–H and O–H groups in total. The number of alkyl halides is 3. The molecule has 1 aromatic heterocycles. The Labute approximate surface area is 197 Å². The number of aryl methyl sites for hydroxylation is 1. The number of anilines is 3. The lowest BCUT2D eigenvalue weighted by Crippen LogP contribution is -2.12. The van der Waals surface area contributed by atoms with Gasteiger partial charge < -0.3 is 10.6 Å². The standard InChI is InChI=1S/C25H18ClF4N3O/c26-19-10-8-15(12-20(19)27)9-11-24(34)32-17-5-3-4-16(13-17)31-22-14-23(25(28,29)30)33-21-7-2-1-6-18(21)22/h1-8,10,12-14H,9,11H2,(H,31,33)(H,32,34). The average molecular weight is 488 g/mol. The van der Waals surface area contributed by atoms with Gasteiger partial charge in [-0.15, -0.1) is 0 Å². The highest BCUT2D eigenvalue weighted by atomic mass is 35.5. The Morgan fingerprint density at radius 3 is 2.47 bits per heavy atom. The van der Waals surface area contributed by atoms with Crippen molar-refractivity contribution in [2.24, 2.45) is 0 Å². The molecule has 0 unspecified atom stereocenters. The molecular weight excluding hydrogens is 470 g/mol. The molecule has 3 aromatic carbocycles. The maximum Gasteiger partial charge on any atom is 0.433 e. The van der Waals surface area contributed by atoms with E-state index in [0.717, 1.165) is 6.07 Å². The SMILES string of the molecule is O=C(CCc1ccc(Cl)c(F)c1)Nc1cccc(Nc2cc(C(F)(F)F)nc3ccccc23)c1. The number of benzene rings is 3. The number of hydrogen-bond donors (Lipinski definition) is 2. The van der Waals surface area contributed by atoms with Crippen LogP contribution < -0.4 is 10.6 Å². The molecule has 0 saturated heterocycles. The molecule has 4 aromatic rings. The zero-order chi connectivity index (χ0) is 24.3. The Morgan fingerprint density at radius 1 is 0.941 bits per heavy atom. The van der Waals surface area contributed by atoms with Gasteiger partial charge in [0.25, 0.3) is 0 Å². The molecule has 0 spiro atoms. The van der Waals surface area contributed by atoms with Crippen LogP contribution in [0.15, 0.2) is 72.8 Å². The van der Waals surface area contributed by atoms with Gasteiger partial charge in [-0.3, -0.25) is 4.79 Å². The van der Waals surface area contributed by atoms with E-state index < -0.39 is 17.7 Å². The van der Waals surface area contributed by atoms with Crippen molar-refractivity contribution in [1.82, 2.24) is 4.98 Å². The van der Waals surface area contributed by atoms with Gasteiger partial charge in [-0.25, -0.2) is 9.37 Å². The van der Waals surface area contributed by atoms with Crippen LogP contribution in [0, 0.1) is 5.82 Å². The number of pyridine rings is 1. The van der Waals surface area contributed by atoms with Crippen molar-refractivity contribution >= 4 is 45.5 Å². The number of hydrogen-bond acceptors (Lipinski definition) is 3. The van der Waals surface area contributed by atoms with Gasteiger partial charge in [0.2, 0.25) is 5.91 Å². The van der Waals surface area contributed by atoms with Crippen LogP contribution in [0.4, 0.5) is 34.6 Å². The van der Waals surface area contributed by atoms with Crippen LogP contribution in [0.25, 0.3) is 10.9 Å². The molecule has 174 valence electrons. The summed E-state index contributed by atoms with van der Waals surface area (Å²) in [5.74, 6) is -0.836. The third-order valence-electron chi connectivity index (χ3n) is 5.06. The molecule has 0 saturated carbocycles. The van der Waals surface area contributed by atoms with Crippen LogP contribution in [0.1, 0.15) is 17.7 Å². The van der Waals surface area contributed by atoms with E-state index in [1.807, 2.05) is 0 Å². The van der Waals surface area contributed by atoms with Crippen LogP contribution in [-0.2, 0) is 17.4 Å². The van der Waals surface area contributed by atoms with Crippen molar-refractivity contribution in [2.75, 3.05) is 10.6 Å². The second-order valence-electron chi connectivity index (χ2n) is 7.57. The lowest BCUT2D eigenvalue weighted by Gasteiger charge is -2.14. The number of amides is 1. The highest BCUT2D eigenvalue weighted by Gasteiger charge is 2.33. The first-order valence-electron chi connectivity index (χ1n) is 10.3. The number of nitrogens with zero attached hydrogens (tertiary/aromatic N) is 1. The average Bonchev–Trinajstić information content (AvgIpc) is 2.79. The topological polar surface area (TPSA) is 54.0 Å². The van der Waals surface area contributed by atoms with Crippen LogP contribution >= 0.6 is 11.6 Å². The number of para-hydroxylation sites is 1. The first kappa shape index (κ1) is 23.5. The summed E-state index contributed by atoms with van der Waals surface area (Å²) in [6, 6.07) is 18.5. The summed E-state index contributed by atoms with van der Waals surface area (Å²) in [6.45, 7) is 0. The highest BCUT2D eigenvalue weighted by Crippen LogP contribution is 2.34. The number of rotatable bonds is 6. The van der Waals surface area contributed by atoms with E-state index in [1.165, 1.54) is 18.2 Å². The highest BCUT2D eigenvalue weighted by molar-refractivity contribution is 6.30. The van der Waals surface area contributed by atoms with E-state index in [9.17, 15) is 22.4 Å². The van der Waals surface area contributed by atoms with Crippen molar-refractivity contribution < 1.29 is 22.4 Å². The second-order valence-corrected chi connectivity index (χ2v) is 7.98. The van der Waals surface area contributed by atoms with Crippen molar-refractivity contribution in [3.8, 4) is 0 Å². The summed E-state index contributed by atoms with van der Waals surface area (Å²) in [4.78, 5) is 16.1. The minimum atomic E-state index is -4.59. The van der Waals surface area contributed by atoms with Gasteiger partial charge in [-0.05, 0) is 54.4 Å². The predicted octanol–water partition coefficient (Wildman–Crippen LogP) is 7.36. The Morgan fingerprint density at radius 2 is 1.71 bits per heavy atom. The number of carbonyl (C=O) groups is 1. The summed E-state index contributed by atoms with van der Waals surface area (Å²) in [5.41, 5.74) is 1.04. The summed E-state index contributed by atoms with van der Waals surface area (Å²) >= 11 is 5.67. The van der Waals surface area contributed by atoms with Gasteiger partial charge in [0.15, 0.2) is 0 Å². The van der Waals surface area contributed by atoms with Gasteiger partial charge in [-0.1, -0.05) is 41.9 Å². The van der Waals surface area contributed by atoms with Gasteiger partial charge in [0.1, 0.15) is 11.5 Å². The van der Waals surface area contributed by atoms with Crippen LogP contribution in [-0.4, -0.2) is 10.9 Å². The Balaban J connectivity index is 1.49. The molecular formula is C25H18ClF4N3O. The minimum Gasteiger partial charge on any atom is -0.355 e. The third-order valence-corrected chi connectivity index (χ3v) is 5.36. The van der Waals surface area contributed by atoms with Crippen molar-refractivity contribution in [3.63, 3.8) is 0 Å². The van der Waals surface area contributed by atoms with Gasteiger partial charge >= 0.3 is 6.18 Å². The van der Waals surface area contributed by atoms with E-state index in [1.54, 1.807) is 48.5 Å². The Hall–Kier alpha value is -3.65. The number of halogens is 5. The predicted molar refractivity (Wildman–Crippen MR) is 125 cm³/mol. The summed E-state index contributed by atoms with van der Waals surface area (Å²) in [6.07, 6.45) is -4.16. The molecule has 34 heavy (non-hydrogen) atoms. The molecule has 0 atom stereocenters. The van der Waals surface area contributed by atoms with E-state index in [0.29, 0.717) is 28.7 Å². The van der Waals surface area contributed by atoms with Crippen LogP contribution in [0.2, 0.25) is 5.02 Å². The molecule has 1 heterocycles. The molecule has 0 bridgehead atoms. The third kappa shape index (κ3) is 5.63. The van der Waals surface area contributed by atoms with Crippen molar-refractivity contribution in [1.29, 1.82) is 0 Å². The van der Waals surface area contributed by atoms with Gasteiger partial charge in [0.05, 0.1) is 16.2 Å². The molecule has 0 fully saturated rings. The molecule has 4 nitrogen and oxygen atoms in total. The smallest absolute Gasteiger partial charge is 0.355 e. The second kappa shape index (κ2) is 9.69. The van der Waals surface area contributed by atoms with E-state index in [-0.39, 0.29) is 28.6 Å². The van der Waals surface area contributed by atoms with E-state index in [4.69, 9.17) is 11.6 Å². The zero-order valence-electron chi connectivity index (χ0n) is 17.6. The zero-order valence-corrected chi connectivity index (χ0v) is 18.3. The maximum atomic E-state index is 13.6. The maximum absolute atomic E-state index is 13.6. The summed E-state index contributed by atoms with van der Waals surface area (Å²) in [7, 11) is 0. The van der Waals surface area contributed by atoms with Crippen LogP contribution in [0.3, 0.4) is 0 Å². The molecule has 0 radical (unpaired) electrons. The molecule has 9 heteroatoms. The van der Waals surface area contributed by atoms with Crippen LogP contribution in [0.5, 0.6) is 0 Å². The number of aromatic nitrogens is 1. The number of nitrogens with one attached hydrogen (secondary N) is 2. The molecule has 0 aliphatic heterocycles. The van der Waals surface area contributed by atoms with E-state index in [2.05, 4.69) is 15.6 Å². The Bertz CT molecular complexity index is 1360. The fraction of sp³-hybridized carbons (Fsp3) is 0.120. The summed E-state index contributed by atoms with van der Waals surface area (Å²) in [5, 5.41) is 6.29. The fourth-order valence-corrected chi connectivity index (χ4v) is 3.55.